The van der Waals surface area contributed by atoms with Gasteiger partial charge in [0.05, 0.1) is 0 Å². The molecule has 0 rings (SSSR count). The summed E-state index contributed by atoms with van der Waals surface area (Å²) < 4.78 is 5.06. The zero-order chi connectivity index (χ0) is 14.2. The monoisotopic (exact) mass is 330 g/mol. The van der Waals surface area contributed by atoms with Crippen molar-refractivity contribution < 1.29 is 9.53 Å². The molecule has 19 heavy (non-hydrogen) atoms. The van der Waals surface area contributed by atoms with Crippen LogP contribution in [0.3, 0.4) is 0 Å². The molecule has 0 aliphatic heterocycles. The van der Waals surface area contributed by atoms with Gasteiger partial charge in [0.25, 0.3) is 0 Å². The number of esters is 1. The van der Waals surface area contributed by atoms with Crippen molar-refractivity contribution in [2.75, 3.05) is 11.9 Å². The van der Waals surface area contributed by atoms with Crippen LogP contribution in [0, 0.1) is 11.8 Å². The fraction of sp³-hybridized carbons (Fsp3) is 0.812. The smallest absolute Gasteiger partial charge is 0.306 e. The average molecular weight is 331 g/mol. The predicted octanol–water partition coefficient (Wildman–Crippen LogP) is 4.85. The second kappa shape index (κ2) is 15.6. The maximum absolute atomic E-state index is 11.4. The third-order valence-electron chi connectivity index (χ3n) is 2.85. The summed E-state index contributed by atoms with van der Waals surface area (Å²) in [6.07, 6.45) is 10.8. The summed E-state index contributed by atoms with van der Waals surface area (Å²) >= 11 is 3.41. The summed E-state index contributed by atoms with van der Waals surface area (Å²) in [5.74, 6) is 5.82. The maximum atomic E-state index is 11.4. The number of rotatable bonds is 11. The van der Waals surface area contributed by atoms with Gasteiger partial charge in [-0.05, 0) is 19.3 Å². The second-order valence-corrected chi connectivity index (χ2v) is 5.47. The van der Waals surface area contributed by atoms with E-state index in [2.05, 4.69) is 34.7 Å². The summed E-state index contributed by atoms with van der Waals surface area (Å²) in [6, 6.07) is 0. The maximum Gasteiger partial charge on any atom is 0.306 e. The van der Waals surface area contributed by atoms with Crippen LogP contribution in [0.25, 0.3) is 0 Å². The molecule has 0 heterocycles. The molecule has 0 spiro atoms. The lowest BCUT2D eigenvalue weighted by atomic mass is 10.1. The fourth-order valence-corrected chi connectivity index (χ4v) is 2.08. The Kier molecular flexibility index (Phi) is 15.2. The molecule has 0 aromatic heterocycles. The zero-order valence-corrected chi connectivity index (χ0v) is 13.8. The molecule has 0 radical (unpaired) electrons. The van der Waals surface area contributed by atoms with Crippen LogP contribution in [-0.4, -0.2) is 17.9 Å². The van der Waals surface area contributed by atoms with Gasteiger partial charge in [0.15, 0.2) is 6.61 Å². The Balaban J connectivity index is 3.29. The first-order valence-corrected chi connectivity index (χ1v) is 8.60. The molecule has 0 aromatic rings. The molecule has 0 aromatic carbocycles. The van der Waals surface area contributed by atoms with E-state index in [4.69, 9.17) is 4.74 Å². The predicted molar refractivity (Wildman–Crippen MR) is 84.4 cm³/mol. The molecule has 0 saturated carbocycles. The lowest BCUT2D eigenvalue weighted by Gasteiger charge is -2.01. The molecule has 3 heteroatoms. The van der Waals surface area contributed by atoms with Gasteiger partial charge in [-0.2, -0.15) is 0 Å². The molecule has 0 bridgehead atoms. The van der Waals surface area contributed by atoms with Gasteiger partial charge in [-0.15, -0.1) is 0 Å². The molecule has 0 fully saturated rings. The fourth-order valence-electron chi connectivity index (χ4n) is 1.69. The summed E-state index contributed by atoms with van der Waals surface area (Å²) in [4.78, 5) is 11.4. The van der Waals surface area contributed by atoms with Crippen LogP contribution in [0.1, 0.15) is 71.1 Å². The number of unbranched alkanes of at least 4 members (excludes halogenated alkanes) is 7. The van der Waals surface area contributed by atoms with E-state index in [1.54, 1.807) is 0 Å². The highest BCUT2D eigenvalue weighted by Gasteiger charge is 2.00. The van der Waals surface area contributed by atoms with Crippen LogP contribution in [0.5, 0.6) is 0 Å². The summed E-state index contributed by atoms with van der Waals surface area (Å²) in [5, 5.41) is 1.08. The zero-order valence-electron chi connectivity index (χ0n) is 12.2. The number of carbonyl (C=O) groups is 1. The summed E-state index contributed by atoms with van der Waals surface area (Å²) in [5.41, 5.74) is 0. The molecule has 0 unspecified atom stereocenters. The van der Waals surface area contributed by atoms with E-state index in [-0.39, 0.29) is 12.6 Å². The molecule has 0 amide bonds. The quantitative estimate of drug-likeness (QED) is 0.234. The number of hydrogen-bond acceptors (Lipinski definition) is 2. The van der Waals surface area contributed by atoms with Crippen LogP contribution in [0.2, 0.25) is 0 Å². The van der Waals surface area contributed by atoms with E-state index in [1.165, 1.54) is 32.1 Å². The highest BCUT2D eigenvalue weighted by atomic mass is 79.9. The van der Waals surface area contributed by atoms with Crippen molar-refractivity contribution in [3.05, 3.63) is 0 Å². The minimum atomic E-state index is -0.108. The standard InChI is InChI=1S/C16H27BrO2/c1-2-3-4-5-9-12-15-19-16(18)13-10-7-6-8-11-14-17/h2-8,10-11,13-15H2,1H3. The topological polar surface area (TPSA) is 26.3 Å². The Hall–Kier alpha value is -0.490. The van der Waals surface area contributed by atoms with Crippen molar-refractivity contribution in [2.45, 2.75) is 71.1 Å². The van der Waals surface area contributed by atoms with Crippen LogP contribution in [0.15, 0.2) is 0 Å². The van der Waals surface area contributed by atoms with Gasteiger partial charge >= 0.3 is 5.97 Å². The summed E-state index contributed by atoms with van der Waals surface area (Å²) in [7, 11) is 0. The number of ether oxygens (including phenoxy) is 1. The van der Waals surface area contributed by atoms with Crippen LogP contribution < -0.4 is 0 Å². The molecule has 0 saturated heterocycles. The molecular weight excluding hydrogens is 304 g/mol. The lowest BCUT2D eigenvalue weighted by molar-refractivity contribution is -0.142. The Labute approximate surface area is 126 Å². The molecule has 0 aliphatic rings. The number of halogens is 1. The molecule has 0 aliphatic carbocycles. The number of alkyl halides is 1. The average Bonchev–Trinajstić information content (AvgIpc) is 2.41. The van der Waals surface area contributed by atoms with E-state index in [0.717, 1.165) is 31.0 Å². The first-order valence-electron chi connectivity index (χ1n) is 7.48. The van der Waals surface area contributed by atoms with Gasteiger partial charge in [0.1, 0.15) is 0 Å². The number of carbonyl (C=O) groups excluding carboxylic acids is 1. The summed E-state index contributed by atoms with van der Waals surface area (Å²) in [6.45, 7) is 2.43. The third kappa shape index (κ3) is 15.5. The van der Waals surface area contributed by atoms with Crippen LogP contribution >= 0.6 is 15.9 Å². The SMILES string of the molecule is CCCCCC#CCOC(=O)CCCCCCCBr. The van der Waals surface area contributed by atoms with Crippen molar-refractivity contribution in [3.8, 4) is 11.8 Å². The minimum absolute atomic E-state index is 0.108. The van der Waals surface area contributed by atoms with Gasteiger partial charge in [-0.1, -0.05) is 66.8 Å². The first kappa shape index (κ1) is 18.5. The number of hydrogen-bond donors (Lipinski definition) is 0. The highest BCUT2D eigenvalue weighted by molar-refractivity contribution is 9.09. The molecule has 2 nitrogen and oxygen atoms in total. The van der Waals surface area contributed by atoms with Crippen molar-refractivity contribution in [1.29, 1.82) is 0 Å². The van der Waals surface area contributed by atoms with E-state index >= 15 is 0 Å². The van der Waals surface area contributed by atoms with Crippen molar-refractivity contribution in [2.24, 2.45) is 0 Å². The van der Waals surface area contributed by atoms with Gasteiger partial charge < -0.3 is 4.74 Å². The highest BCUT2D eigenvalue weighted by Crippen LogP contribution is 2.07. The molecule has 110 valence electrons. The largest absolute Gasteiger partial charge is 0.452 e. The van der Waals surface area contributed by atoms with Gasteiger partial charge in [-0.3, -0.25) is 4.79 Å². The van der Waals surface area contributed by atoms with Crippen LogP contribution in [-0.2, 0) is 9.53 Å². The lowest BCUT2D eigenvalue weighted by Crippen LogP contribution is -2.04. The third-order valence-corrected chi connectivity index (χ3v) is 3.41. The van der Waals surface area contributed by atoms with Crippen molar-refractivity contribution in [3.63, 3.8) is 0 Å². The second-order valence-electron chi connectivity index (χ2n) is 4.68. The van der Waals surface area contributed by atoms with Crippen molar-refractivity contribution >= 4 is 21.9 Å². The Morgan fingerprint density at radius 2 is 1.74 bits per heavy atom. The van der Waals surface area contributed by atoms with Gasteiger partial charge in [0, 0.05) is 18.2 Å². The van der Waals surface area contributed by atoms with E-state index in [1.807, 2.05) is 0 Å². The van der Waals surface area contributed by atoms with Gasteiger partial charge in [-0.25, -0.2) is 0 Å². The Morgan fingerprint density at radius 1 is 1.00 bits per heavy atom. The molecule has 0 N–H and O–H groups in total. The van der Waals surface area contributed by atoms with E-state index in [9.17, 15) is 4.79 Å². The van der Waals surface area contributed by atoms with Crippen molar-refractivity contribution in [1.82, 2.24) is 0 Å². The molecule has 0 atom stereocenters. The minimum Gasteiger partial charge on any atom is -0.452 e. The van der Waals surface area contributed by atoms with Gasteiger partial charge in [0.2, 0.25) is 0 Å². The molecular formula is C16H27BrO2. The normalized spacial score (nSPS) is 9.79. The Bertz CT molecular complexity index is 266. The van der Waals surface area contributed by atoms with E-state index < -0.39 is 0 Å². The Morgan fingerprint density at radius 3 is 2.47 bits per heavy atom. The van der Waals surface area contributed by atoms with Crippen LogP contribution in [0.4, 0.5) is 0 Å². The van der Waals surface area contributed by atoms with E-state index in [0.29, 0.717) is 6.42 Å². The first-order chi connectivity index (χ1) is 9.31.